The van der Waals surface area contributed by atoms with Crippen molar-refractivity contribution in [3.63, 3.8) is 0 Å². The number of amides is 1. The van der Waals surface area contributed by atoms with Crippen LogP contribution >= 0.6 is 11.8 Å². The SMILES string of the molecule is O=C(NCCc1ccc(F)cc1)c1cccnc1SC(F)F. The molecular formula is C15H13F3N2OS. The van der Waals surface area contributed by atoms with Crippen molar-refractivity contribution in [3.8, 4) is 0 Å². The van der Waals surface area contributed by atoms with Gasteiger partial charge in [0.15, 0.2) is 0 Å². The number of hydrogen-bond donors (Lipinski definition) is 1. The minimum absolute atomic E-state index is 0.00298. The monoisotopic (exact) mass is 326 g/mol. The van der Waals surface area contributed by atoms with Crippen LogP contribution in [0, 0.1) is 5.82 Å². The Morgan fingerprint density at radius 2 is 1.95 bits per heavy atom. The summed E-state index contributed by atoms with van der Waals surface area (Å²) in [6.07, 6.45) is 1.88. The Bertz CT molecular complexity index is 635. The van der Waals surface area contributed by atoms with Crippen LogP contribution in [0.4, 0.5) is 13.2 Å². The highest BCUT2D eigenvalue weighted by Gasteiger charge is 2.16. The molecule has 0 unspecified atom stereocenters. The molecule has 7 heteroatoms. The van der Waals surface area contributed by atoms with E-state index >= 15 is 0 Å². The molecule has 1 aromatic carbocycles. The number of nitrogens with one attached hydrogen (secondary N) is 1. The first kappa shape index (κ1) is 16.4. The molecule has 116 valence electrons. The second-order valence-corrected chi connectivity index (χ2v) is 5.35. The van der Waals surface area contributed by atoms with Gasteiger partial charge in [-0.3, -0.25) is 4.79 Å². The number of halogens is 3. The van der Waals surface area contributed by atoms with E-state index in [0.29, 0.717) is 13.0 Å². The van der Waals surface area contributed by atoms with Gasteiger partial charge >= 0.3 is 0 Å². The van der Waals surface area contributed by atoms with Crippen LogP contribution in [0.15, 0.2) is 47.6 Å². The molecule has 3 nitrogen and oxygen atoms in total. The number of carbonyl (C=O) groups is 1. The van der Waals surface area contributed by atoms with Crippen LogP contribution in [0.25, 0.3) is 0 Å². The largest absolute Gasteiger partial charge is 0.352 e. The van der Waals surface area contributed by atoms with E-state index in [4.69, 9.17) is 0 Å². The Morgan fingerprint density at radius 1 is 1.23 bits per heavy atom. The van der Waals surface area contributed by atoms with Crippen molar-refractivity contribution in [1.82, 2.24) is 10.3 Å². The number of aromatic nitrogens is 1. The topological polar surface area (TPSA) is 42.0 Å². The molecule has 1 N–H and O–H groups in total. The zero-order valence-corrected chi connectivity index (χ0v) is 12.2. The van der Waals surface area contributed by atoms with E-state index in [1.54, 1.807) is 12.1 Å². The summed E-state index contributed by atoms with van der Waals surface area (Å²) in [5.74, 6) is -3.42. The molecule has 22 heavy (non-hydrogen) atoms. The van der Waals surface area contributed by atoms with Crippen LogP contribution in [-0.4, -0.2) is 23.2 Å². The Kier molecular flexibility index (Phi) is 5.83. The third-order valence-electron chi connectivity index (χ3n) is 2.83. The Hall–Kier alpha value is -2.02. The van der Waals surface area contributed by atoms with Crippen LogP contribution in [0.5, 0.6) is 0 Å². The Balaban J connectivity index is 1.93. The lowest BCUT2D eigenvalue weighted by atomic mass is 10.1. The van der Waals surface area contributed by atoms with Gasteiger partial charge in [0.2, 0.25) is 0 Å². The molecule has 0 bridgehead atoms. The molecule has 0 fully saturated rings. The molecule has 2 rings (SSSR count). The van der Waals surface area contributed by atoms with Crippen LogP contribution in [0.2, 0.25) is 0 Å². The number of thioether (sulfide) groups is 1. The van der Waals surface area contributed by atoms with Gasteiger partial charge in [0.05, 0.1) is 5.56 Å². The molecular weight excluding hydrogens is 313 g/mol. The first-order valence-corrected chi connectivity index (χ1v) is 7.36. The highest BCUT2D eigenvalue weighted by atomic mass is 32.2. The molecule has 1 heterocycles. The summed E-state index contributed by atoms with van der Waals surface area (Å²) >= 11 is 0.238. The van der Waals surface area contributed by atoms with Gasteiger partial charge in [-0.05, 0) is 48.0 Å². The van der Waals surface area contributed by atoms with E-state index in [2.05, 4.69) is 10.3 Å². The maximum Gasteiger partial charge on any atom is 0.290 e. The van der Waals surface area contributed by atoms with Crippen molar-refractivity contribution in [2.45, 2.75) is 17.2 Å². The van der Waals surface area contributed by atoms with E-state index in [1.165, 1.54) is 30.5 Å². The summed E-state index contributed by atoms with van der Waals surface area (Å²) in [6, 6.07) is 8.91. The maximum atomic E-state index is 12.8. The number of benzene rings is 1. The highest BCUT2D eigenvalue weighted by molar-refractivity contribution is 7.99. The minimum Gasteiger partial charge on any atom is -0.352 e. The molecule has 0 saturated heterocycles. The first-order valence-electron chi connectivity index (χ1n) is 6.48. The molecule has 0 atom stereocenters. The predicted molar refractivity (Wildman–Crippen MR) is 78.5 cm³/mol. The lowest BCUT2D eigenvalue weighted by molar-refractivity contribution is 0.0950. The van der Waals surface area contributed by atoms with Crippen molar-refractivity contribution in [2.75, 3.05) is 6.54 Å². The fourth-order valence-electron chi connectivity index (χ4n) is 1.81. The van der Waals surface area contributed by atoms with E-state index in [1.807, 2.05) is 0 Å². The highest BCUT2D eigenvalue weighted by Crippen LogP contribution is 2.26. The van der Waals surface area contributed by atoms with Gasteiger partial charge in [-0.25, -0.2) is 9.37 Å². The standard InChI is InChI=1S/C15H13F3N2OS/c16-11-5-3-10(4-6-11)7-9-19-13(21)12-2-1-8-20-14(12)22-15(17)18/h1-6,8,15H,7,9H2,(H,19,21). The lowest BCUT2D eigenvalue weighted by Crippen LogP contribution is -2.26. The van der Waals surface area contributed by atoms with Crippen molar-refractivity contribution in [2.24, 2.45) is 0 Å². The summed E-state index contributed by atoms with van der Waals surface area (Å²) < 4.78 is 37.6. The Morgan fingerprint density at radius 3 is 2.64 bits per heavy atom. The number of rotatable bonds is 6. The quantitative estimate of drug-likeness (QED) is 0.826. The van der Waals surface area contributed by atoms with Gasteiger partial charge in [-0.15, -0.1) is 0 Å². The fourth-order valence-corrected chi connectivity index (χ4v) is 2.39. The smallest absolute Gasteiger partial charge is 0.290 e. The second-order valence-electron chi connectivity index (χ2n) is 4.37. The molecule has 1 amide bonds. The minimum atomic E-state index is -2.64. The molecule has 1 aromatic heterocycles. The van der Waals surface area contributed by atoms with Crippen molar-refractivity contribution in [1.29, 1.82) is 0 Å². The van der Waals surface area contributed by atoms with Crippen LogP contribution in [0.1, 0.15) is 15.9 Å². The van der Waals surface area contributed by atoms with Gasteiger partial charge in [0, 0.05) is 12.7 Å². The lowest BCUT2D eigenvalue weighted by Gasteiger charge is -2.08. The second kappa shape index (κ2) is 7.84. The maximum absolute atomic E-state index is 12.8. The van der Waals surface area contributed by atoms with E-state index in [-0.39, 0.29) is 28.2 Å². The van der Waals surface area contributed by atoms with Crippen molar-refractivity contribution < 1.29 is 18.0 Å². The average molecular weight is 326 g/mol. The molecule has 0 aliphatic rings. The molecule has 0 saturated carbocycles. The summed E-state index contributed by atoms with van der Waals surface area (Å²) in [5.41, 5.74) is 0.988. The van der Waals surface area contributed by atoms with E-state index in [0.717, 1.165) is 5.56 Å². The average Bonchev–Trinajstić information content (AvgIpc) is 2.49. The van der Waals surface area contributed by atoms with E-state index in [9.17, 15) is 18.0 Å². The van der Waals surface area contributed by atoms with Crippen molar-refractivity contribution >= 4 is 17.7 Å². The van der Waals surface area contributed by atoms with Crippen LogP contribution < -0.4 is 5.32 Å². The predicted octanol–water partition coefficient (Wildman–Crippen LogP) is 3.51. The van der Waals surface area contributed by atoms with Crippen LogP contribution in [-0.2, 0) is 6.42 Å². The van der Waals surface area contributed by atoms with Crippen molar-refractivity contribution in [3.05, 3.63) is 59.5 Å². The Labute approximate surface area is 129 Å². The third kappa shape index (κ3) is 4.77. The molecule has 0 spiro atoms. The van der Waals surface area contributed by atoms with E-state index < -0.39 is 11.7 Å². The number of alkyl halides is 2. The zero-order chi connectivity index (χ0) is 15.9. The number of nitrogens with zero attached hydrogens (tertiary/aromatic N) is 1. The van der Waals surface area contributed by atoms with Gasteiger partial charge in [0.1, 0.15) is 10.8 Å². The summed E-state index contributed by atoms with van der Waals surface area (Å²) in [4.78, 5) is 15.8. The molecule has 2 aromatic rings. The number of hydrogen-bond acceptors (Lipinski definition) is 3. The summed E-state index contributed by atoms with van der Waals surface area (Å²) in [7, 11) is 0. The zero-order valence-electron chi connectivity index (χ0n) is 11.4. The van der Waals surface area contributed by atoms with Gasteiger partial charge in [-0.2, -0.15) is 8.78 Å². The summed E-state index contributed by atoms with van der Waals surface area (Å²) in [6.45, 7) is 0.318. The van der Waals surface area contributed by atoms with Crippen LogP contribution in [0.3, 0.4) is 0 Å². The fraction of sp³-hybridized carbons (Fsp3) is 0.200. The molecule has 0 radical (unpaired) electrons. The number of pyridine rings is 1. The summed E-state index contributed by atoms with van der Waals surface area (Å²) in [5, 5.41) is 2.64. The van der Waals surface area contributed by atoms with Gasteiger partial charge < -0.3 is 5.32 Å². The number of carbonyl (C=O) groups excluding carboxylic acids is 1. The van der Waals surface area contributed by atoms with Gasteiger partial charge in [0.25, 0.3) is 11.7 Å². The first-order chi connectivity index (χ1) is 10.6. The normalized spacial score (nSPS) is 10.7. The third-order valence-corrected chi connectivity index (χ3v) is 3.56. The van der Waals surface area contributed by atoms with Gasteiger partial charge in [-0.1, -0.05) is 12.1 Å². The molecule has 0 aliphatic carbocycles. The molecule has 0 aliphatic heterocycles.